The number of nitrogens with one attached hydrogen (secondary N) is 3. The van der Waals surface area contributed by atoms with Gasteiger partial charge in [0.15, 0.2) is 0 Å². The van der Waals surface area contributed by atoms with E-state index in [0.717, 1.165) is 80.2 Å². The van der Waals surface area contributed by atoms with Crippen LogP contribution in [0, 0.1) is 0 Å². The Morgan fingerprint density at radius 3 is 1.65 bits per heavy atom. The third kappa shape index (κ3) is 11.1. The lowest BCUT2D eigenvalue weighted by molar-refractivity contribution is 0.277. The predicted octanol–water partition coefficient (Wildman–Crippen LogP) is 18.3. The molecule has 0 unspecified atom stereocenters. The summed E-state index contributed by atoms with van der Waals surface area (Å²) in [7, 11) is 3.42. The van der Waals surface area contributed by atoms with E-state index in [9.17, 15) is 0 Å². The summed E-state index contributed by atoms with van der Waals surface area (Å²) in [6, 6.07) is 43.7. The number of aromatic amines is 3. The number of rotatable bonds is 10. The molecule has 0 saturated carbocycles. The van der Waals surface area contributed by atoms with Crippen molar-refractivity contribution in [2.75, 3.05) is 14.2 Å². The van der Waals surface area contributed by atoms with Gasteiger partial charge in [-0.25, -0.2) is 4.99 Å². The van der Waals surface area contributed by atoms with Crippen molar-refractivity contribution in [1.29, 1.82) is 0 Å². The molecule has 9 aromatic rings. The number of ether oxygens (including phenoxy) is 2. The largest absolute Gasteiger partial charge is 0.497 e. The number of H-pyrrole nitrogens is 3. The normalized spacial score (nSPS) is 13.7. The van der Waals surface area contributed by atoms with Gasteiger partial charge in [0.05, 0.1) is 37.9 Å². The Morgan fingerprint density at radius 1 is 0.519 bits per heavy atom. The highest BCUT2D eigenvalue weighted by Gasteiger charge is 2.27. The first-order valence-corrected chi connectivity index (χ1v) is 28.7. The summed E-state index contributed by atoms with van der Waals surface area (Å²) in [5.41, 5.74) is 25.9. The molecule has 12 rings (SSSR count). The molecule has 0 saturated heterocycles. The Morgan fingerprint density at radius 2 is 1.05 bits per heavy atom. The molecule has 394 valence electrons. The molecule has 77 heavy (non-hydrogen) atoms. The van der Waals surface area contributed by atoms with E-state index < -0.39 is 0 Å². The first-order valence-electron chi connectivity index (χ1n) is 27.1. The Labute approximate surface area is 471 Å². The number of fused-ring (bicyclic) bond motifs is 8. The third-order valence-corrected chi connectivity index (χ3v) is 16.5. The number of hydrogen-bond acceptors (Lipinski definition) is 4. The van der Waals surface area contributed by atoms with Crippen LogP contribution in [-0.4, -0.2) is 40.0 Å². The quantitative estimate of drug-likeness (QED) is 0.110. The number of aliphatic hydroxyl groups is 1. The first kappa shape index (κ1) is 53.7. The summed E-state index contributed by atoms with van der Waals surface area (Å²) in [5.74, 6) is 3.79. The summed E-state index contributed by atoms with van der Waals surface area (Å²) in [4.78, 5) is 15.7. The zero-order chi connectivity index (χ0) is 54.2. The second-order valence-electron chi connectivity index (χ2n) is 21.9. The second-order valence-corrected chi connectivity index (χ2v) is 23.7. The van der Waals surface area contributed by atoms with Crippen LogP contribution in [0.3, 0.4) is 0 Å². The number of methoxy groups -OCH3 is 2. The number of halogens is 2. The fourth-order valence-electron chi connectivity index (χ4n) is 11.2. The smallest absolute Gasteiger partial charge is 0.119 e. The Hall–Kier alpha value is -6.65. The Kier molecular flexibility index (Phi) is 15.9. The van der Waals surface area contributed by atoms with Crippen LogP contribution >= 0.6 is 31.9 Å². The molecule has 0 atom stereocenters. The van der Waals surface area contributed by atoms with E-state index in [1.54, 1.807) is 14.2 Å². The Bertz CT molecular complexity index is 3710. The molecule has 3 aromatic heterocycles. The minimum Gasteiger partial charge on any atom is -0.497 e. The number of nitrogens with zero attached hydrogens (tertiary/aromatic N) is 1. The molecule has 4 N–H and O–H groups in total. The minimum absolute atomic E-state index is 0.0679. The van der Waals surface area contributed by atoms with Crippen molar-refractivity contribution in [1.82, 2.24) is 15.0 Å². The molecule has 0 radical (unpaired) electrons. The third-order valence-electron chi connectivity index (χ3n) is 15.5. The zero-order valence-electron chi connectivity index (χ0n) is 46.0. The number of aliphatic imine (C=N–C) groups is 1. The monoisotopic (exact) mass is 1150 g/mol. The van der Waals surface area contributed by atoms with Crippen LogP contribution in [0.15, 0.2) is 141 Å². The highest BCUT2D eigenvalue weighted by Crippen LogP contribution is 2.41. The summed E-state index contributed by atoms with van der Waals surface area (Å²) < 4.78 is 12.9. The van der Waals surface area contributed by atoms with Crippen LogP contribution in [0.1, 0.15) is 152 Å². The predicted molar refractivity (Wildman–Crippen MR) is 328 cm³/mol. The molecule has 4 heterocycles. The average molecular weight is 1150 g/mol. The van der Waals surface area contributed by atoms with Gasteiger partial charge < -0.3 is 29.5 Å². The number of aryl methyl sites for hydroxylation is 4. The van der Waals surface area contributed by atoms with Crippen molar-refractivity contribution in [2.45, 2.75) is 111 Å². The SMILES string of the molecule is CC(C)c1ccc(-c2[nH]cc3cc(Br)ccc23)c(C(C)C)c1.COc1ccc2c(c1)CCc1cc(C=C3N=C(c4ccc(C(C)C)cc4C(C)C)c4ccc(Br)cc43)[nH]c1-2.COc1ccc2c(c1)CCc1cc(CO)[nH]c1-2. The molecule has 3 aliphatic rings. The van der Waals surface area contributed by atoms with Crippen LogP contribution in [0.5, 0.6) is 11.5 Å². The fourth-order valence-corrected chi connectivity index (χ4v) is 11.9. The molecule has 0 fully saturated rings. The molecule has 0 amide bonds. The van der Waals surface area contributed by atoms with E-state index in [1.807, 2.05) is 12.1 Å². The average Bonchev–Trinajstić information content (AvgIpc) is 4.30. The van der Waals surface area contributed by atoms with Crippen LogP contribution in [-0.2, 0) is 32.3 Å². The molecule has 9 heteroatoms. The molecule has 0 bridgehead atoms. The van der Waals surface area contributed by atoms with Gasteiger partial charge in [-0.15, -0.1) is 0 Å². The van der Waals surface area contributed by atoms with Gasteiger partial charge in [0.1, 0.15) is 11.5 Å². The van der Waals surface area contributed by atoms with E-state index in [-0.39, 0.29) is 6.61 Å². The topological polar surface area (TPSA) is 98.4 Å². The van der Waals surface area contributed by atoms with E-state index in [1.165, 1.54) is 94.5 Å². The van der Waals surface area contributed by atoms with Crippen LogP contribution < -0.4 is 9.47 Å². The van der Waals surface area contributed by atoms with Gasteiger partial charge in [-0.3, -0.25) is 0 Å². The van der Waals surface area contributed by atoms with Crippen molar-refractivity contribution in [2.24, 2.45) is 4.99 Å². The van der Waals surface area contributed by atoms with Gasteiger partial charge in [0, 0.05) is 82.1 Å². The van der Waals surface area contributed by atoms with Crippen molar-refractivity contribution in [3.8, 4) is 45.3 Å². The van der Waals surface area contributed by atoms with Gasteiger partial charge in [0.25, 0.3) is 0 Å². The minimum atomic E-state index is 0.0679. The molecular weight excluding hydrogens is 1080 g/mol. The highest BCUT2D eigenvalue weighted by atomic mass is 79.9. The molecule has 0 spiro atoms. The van der Waals surface area contributed by atoms with E-state index >= 15 is 0 Å². The number of benzene rings is 6. The highest BCUT2D eigenvalue weighted by molar-refractivity contribution is 9.10. The first-order chi connectivity index (χ1) is 37.1. The fraction of sp³-hybridized carbons (Fsp3) is 0.279. The maximum atomic E-state index is 9.17. The Balaban J connectivity index is 0.000000145. The van der Waals surface area contributed by atoms with E-state index in [0.29, 0.717) is 23.7 Å². The summed E-state index contributed by atoms with van der Waals surface area (Å²) in [5, 5.41) is 11.7. The van der Waals surface area contributed by atoms with Crippen LogP contribution in [0.25, 0.3) is 56.3 Å². The molecule has 6 aromatic carbocycles. The van der Waals surface area contributed by atoms with Gasteiger partial charge in [-0.2, -0.15) is 0 Å². The van der Waals surface area contributed by atoms with Gasteiger partial charge in [0.2, 0.25) is 0 Å². The standard InChI is InChI=1S/C34H33BrN2O.C20H22BrN.C14H15NO2/c1-19(2)21-8-11-28(30(16-21)20(3)4)34-29-12-9-24(35)17-31(29)32(37-34)18-25-14-23-7-6-22-15-26(38-5)10-13-27(22)33(23)36-25;1-12(2)14-5-7-18(19(10-14)13(3)4)20-17-8-6-16(21)9-15(17)11-22-20;1-17-12-4-5-13-9(7-12)2-3-10-6-11(8-16)15-14(10)13/h8-20,36H,6-7H2,1-5H3;5-13,22H,1-4H3;4-7,15-16H,2-3,8H2,1H3. The number of hydrogen-bond donors (Lipinski definition) is 4. The van der Waals surface area contributed by atoms with E-state index in [4.69, 9.17) is 19.6 Å². The maximum absolute atomic E-state index is 9.17. The zero-order valence-corrected chi connectivity index (χ0v) is 49.2. The van der Waals surface area contributed by atoms with Gasteiger partial charge in [-0.1, -0.05) is 136 Å². The second kappa shape index (κ2) is 22.7. The molecule has 7 nitrogen and oxygen atoms in total. The number of aromatic nitrogens is 3. The van der Waals surface area contributed by atoms with Crippen molar-refractivity contribution >= 4 is 60.1 Å². The van der Waals surface area contributed by atoms with Gasteiger partial charge in [-0.05, 0) is 173 Å². The lowest BCUT2D eigenvalue weighted by atomic mass is 9.87. The summed E-state index contributed by atoms with van der Waals surface area (Å²) in [6.07, 6.45) is 8.39. The molecule has 1 aliphatic heterocycles. The lowest BCUT2D eigenvalue weighted by Gasteiger charge is -2.17. The maximum Gasteiger partial charge on any atom is 0.119 e. The van der Waals surface area contributed by atoms with E-state index in [2.05, 4.69) is 224 Å². The lowest BCUT2D eigenvalue weighted by Crippen LogP contribution is -2.07. The molecule has 2 aliphatic carbocycles. The number of aliphatic hydroxyl groups excluding tert-OH is 1. The summed E-state index contributed by atoms with van der Waals surface area (Å²) >= 11 is 7.24. The van der Waals surface area contributed by atoms with Crippen molar-refractivity contribution in [3.05, 3.63) is 209 Å². The van der Waals surface area contributed by atoms with Crippen LogP contribution in [0.4, 0.5) is 0 Å². The van der Waals surface area contributed by atoms with Crippen molar-refractivity contribution < 1.29 is 14.6 Å². The molecular formula is C68H70Br2N4O3. The van der Waals surface area contributed by atoms with Crippen molar-refractivity contribution in [3.63, 3.8) is 0 Å². The summed E-state index contributed by atoms with van der Waals surface area (Å²) in [6.45, 7) is 18.2. The van der Waals surface area contributed by atoms with Crippen LogP contribution in [0.2, 0.25) is 0 Å². The van der Waals surface area contributed by atoms with Gasteiger partial charge >= 0.3 is 0 Å².